The third kappa shape index (κ3) is 5.49. The van der Waals surface area contributed by atoms with Crippen LogP contribution in [-0.4, -0.2) is 16.6 Å². The Morgan fingerprint density at radius 2 is 2.47 bits per heavy atom. The normalized spacial score (nSPS) is 10.5. The molecule has 0 saturated heterocycles. The van der Waals surface area contributed by atoms with Crippen LogP contribution in [0.4, 0.5) is 5.13 Å². The van der Waals surface area contributed by atoms with E-state index in [0.29, 0.717) is 5.11 Å². The van der Waals surface area contributed by atoms with E-state index in [1.54, 1.807) is 6.20 Å². The van der Waals surface area contributed by atoms with Crippen LogP contribution in [0, 0.1) is 0 Å². The lowest BCUT2D eigenvalue weighted by molar-refractivity contribution is 0.894. The molecule has 3 nitrogen and oxygen atoms in total. The first-order valence-corrected chi connectivity index (χ1v) is 6.21. The summed E-state index contributed by atoms with van der Waals surface area (Å²) in [5, 5.41) is 9.51. The largest absolute Gasteiger partial charge is 0.362 e. The molecule has 1 rings (SSSR count). The monoisotopic (exact) mass is 241 g/mol. The first kappa shape index (κ1) is 12.1. The second-order valence-electron chi connectivity index (χ2n) is 2.89. The molecule has 0 atom stereocenters. The van der Waals surface area contributed by atoms with Gasteiger partial charge in [-0.2, -0.15) is 0 Å². The molecular formula is C10H15N3S2. The number of nitrogens with zero attached hydrogens (tertiary/aromatic N) is 1. The van der Waals surface area contributed by atoms with Gasteiger partial charge in [-0.15, -0.1) is 11.3 Å². The lowest BCUT2D eigenvalue weighted by Gasteiger charge is -2.06. The van der Waals surface area contributed by atoms with Gasteiger partial charge in [0.1, 0.15) is 0 Å². The van der Waals surface area contributed by atoms with Gasteiger partial charge in [0.2, 0.25) is 0 Å². The maximum atomic E-state index is 5.10. The molecule has 0 bridgehead atoms. The molecule has 0 fully saturated rings. The number of thiocarbonyl (C=S) groups is 1. The van der Waals surface area contributed by atoms with E-state index >= 15 is 0 Å². The summed E-state index contributed by atoms with van der Waals surface area (Å²) in [7, 11) is 0. The predicted molar refractivity (Wildman–Crippen MR) is 70.4 cm³/mol. The van der Waals surface area contributed by atoms with Gasteiger partial charge < -0.3 is 10.6 Å². The van der Waals surface area contributed by atoms with Gasteiger partial charge in [-0.25, -0.2) is 4.98 Å². The Morgan fingerprint density at radius 3 is 3.13 bits per heavy atom. The van der Waals surface area contributed by atoms with Gasteiger partial charge in [-0.1, -0.05) is 19.1 Å². The van der Waals surface area contributed by atoms with Crippen LogP contribution in [-0.2, 0) is 0 Å². The second-order valence-corrected chi connectivity index (χ2v) is 4.19. The van der Waals surface area contributed by atoms with Crippen LogP contribution in [0.1, 0.15) is 19.8 Å². The summed E-state index contributed by atoms with van der Waals surface area (Å²) in [5.74, 6) is 0. The summed E-state index contributed by atoms with van der Waals surface area (Å²) in [6, 6.07) is 0. The van der Waals surface area contributed by atoms with Gasteiger partial charge >= 0.3 is 0 Å². The minimum absolute atomic E-state index is 0.634. The van der Waals surface area contributed by atoms with Crippen molar-refractivity contribution in [1.29, 1.82) is 0 Å². The van der Waals surface area contributed by atoms with E-state index < -0.39 is 0 Å². The van der Waals surface area contributed by atoms with E-state index in [1.807, 2.05) is 5.38 Å². The molecule has 0 radical (unpaired) electrons. The SMILES string of the molecule is CCC=CCCNC(=S)Nc1nccs1. The topological polar surface area (TPSA) is 37.0 Å². The maximum absolute atomic E-state index is 5.10. The highest BCUT2D eigenvalue weighted by Crippen LogP contribution is 2.09. The third-order valence-corrected chi connectivity index (χ3v) is 2.59. The van der Waals surface area contributed by atoms with Crippen molar-refractivity contribution in [1.82, 2.24) is 10.3 Å². The van der Waals surface area contributed by atoms with Crippen LogP contribution in [0.25, 0.3) is 0 Å². The number of nitrogens with one attached hydrogen (secondary N) is 2. The number of thiazole rings is 1. The average molecular weight is 241 g/mol. The van der Waals surface area contributed by atoms with Crippen molar-refractivity contribution in [3.8, 4) is 0 Å². The minimum Gasteiger partial charge on any atom is -0.362 e. The van der Waals surface area contributed by atoms with Gasteiger partial charge in [0.25, 0.3) is 0 Å². The molecule has 0 unspecified atom stereocenters. The number of allylic oxidation sites excluding steroid dienone is 1. The first-order chi connectivity index (χ1) is 7.33. The molecule has 15 heavy (non-hydrogen) atoms. The highest BCUT2D eigenvalue weighted by Gasteiger charge is 1.97. The number of aromatic nitrogens is 1. The van der Waals surface area contributed by atoms with E-state index in [9.17, 15) is 0 Å². The summed E-state index contributed by atoms with van der Waals surface area (Å²) in [4.78, 5) is 4.08. The Bertz CT molecular complexity index is 306. The number of hydrogen-bond donors (Lipinski definition) is 2. The van der Waals surface area contributed by atoms with Gasteiger partial charge in [0, 0.05) is 18.1 Å². The number of anilines is 1. The number of hydrogen-bond acceptors (Lipinski definition) is 3. The van der Waals surface area contributed by atoms with Crippen LogP contribution in [0.5, 0.6) is 0 Å². The van der Waals surface area contributed by atoms with E-state index in [1.165, 1.54) is 11.3 Å². The lowest BCUT2D eigenvalue weighted by atomic mass is 10.3. The molecular weight excluding hydrogens is 226 g/mol. The average Bonchev–Trinajstić information content (AvgIpc) is 2.70. The maximum Gasteiger partial charge on any atom is 0.188 e. The van der Waals surface area contributed by atoms with Gasteiger partial charge in [-0.3, -0.25) is 0 Å². The second kappa shape index (κ2) is 7.36. The zero-order valence-corrected chi connectivity index (χ0v) is 10.3. The molecule has 1 aromatic heterocycles. The fourth-order valence-corrected chi connectivity index (χ4v) is 1.78. The summed E-state index contributed by atoms with van der Waals surface area (Å²) < 4.78 is 0. The summed E-state index contributed by atoms with van der Waals surface area (Å²) in [6.45, 7) is 2.98. The standard InChI is InChI=1S/C10H15N3S2/c1-2-3-4-5-6-11-9(14)13-10-12-7-8-15-10/h3-4,7-8H,2,5-6H2,1H3,(H2,11,12,13,14). The molecule has 0 amide bonds. The Hall–Kier alpha value is -0.940. The van der Waals surface area contributed by atoms with E-state index in [0.717, 1.165) is 24.5 Å². The van der Waals surface area contributed by atoms with Crippen LogP contribution in [0.15, 0.2) is 23.7 Å². The molecule has 0 saturated carbocycles. The smallest absolute Gasteiger partial charge is 0.188 e. The summed E-state index contributed by atoms with van der Waals surface area (Å²) >= 11 is 6.64. The van der Waals surface area contributed by atoms with Crippen molar-refractivity contribution in [2.75, 3.05) is 11.9 Å². The molecule has 0 aliphatic heterocycles. The van der Waals surface area contributed by atoms with Gasteiger partial charge in [0.15, 0.2) is 10.2 Å². The van der Waals surface area contributed by atoms with Crippen LogP contribution in [0.3, 0.4) is 0 Å². The Kier molecular flexibility index (Phi) is 5.96. The van der Waals surface area contributed by atoms with Crippen molar-refractivity contribution < 1.29 is 0 Å². The van der Waals surface area contributed by atoms with Crippen molar-refractivity contribution >= 4 is 33.8 Å². The quantitative estimate of drug-likeness (QED) is 0.472. The van der Waals surface area contributed by atoms with Crippen LogP contribution in [0.2, 0.25) is 0 Å². The van der Waals surface area contributed by atoms with Crippen LogP contribution >= 0.6 is 23.6 Å². The Balaban J connectivity index is 2.11. The highest BCUT2D eigenvalue weighted by molar-refractivity contribution is 7.80. The molecule has 82 valence electrons. The van der Waals surface area contributed by atoms with E-state index in [-0.39, 0.29) is 0 Å². The van der Waals surface area contributed by atoms with E-state index in [4.69, 9.17) is 12.2 Å². The van der Waals surface area contributed by atoms with Crippen molar-refractivity contribution in [2.24, 2.45) is 0 Å². The van der Waals surface area contributed by atoms with Gasteiger partial charge in [0.05, 0.1) is 0 Å². The number of rotatable bonds is 5. The van der Waals surface area contributed by atoms with E-state index in [2.05, 4.69) is 34.7 Å². The fourth-order valence-electron chi connectivity index (χ4n) is 0.980. The molecule has 0 aromatic carbocycles. The molecule has 0 spiro atoms. The van der Waals surface area contributed by atoms with Crippen molar-refractivity contribution in [2.45, 2.75) is 19.8 Å². The molecule has 5 heteroatoms. The molecule has 0 aliphatic carbocycles. The molecule has 1 aromatic rings. The molecule has 1 heterocycles. The fraction of sp³-hybridized carbons (Fsp3) is 0.400. The third-order valence-electron chi connectivity index (χ3n) is 1.65. The van der Waals surface area contributed by atoms with Crippen molar-refractivity contribution in [3.05, 3.63) is 23.7 Å². The molecule has 2 N–H and O–H groups in total. The Morgan fingerprint density at radius 1 is 1.60 bits per heavy atom. The summed E-state index contributed by atoms with van der Waals surface area (Å²) in [5.41, 5.74) is 0. The highest BCUT2D eigenvalue weighted by atomic mass is 32.1. The minimum atomic E-state index is 0.634. The summed E-state index contributed by atoms with van der Waals surface area (Å²) in [6.07, 6.45) is 8.13. The lowest BCUT2D eigenvalue weighted by Crippen LogP contribution is -2.28. The predicted octanol–water partition coefficient (Wildman–Crippen LogP) is 2.79. The Labute approximate surface area is 99.6 Å². The van der Waals surface area contributed by atoms with Crippen LogP contribution < -0.4 is 10.6 Å². The zero-order valence-electron chi connectivity index (χ0n) is 8.69. The first-order valence-electron chi connectivity index (χ1n) is 4.92. The van der Waals surface area contributed by atoms with Gasteiger partial charge in [-0.05, 0) is 25.1 Å². The van der Waals surface area contributed by atoms with Crippen molar-refractivity contribution in [3.63, 3.8) is 0 Å². The zero-order chi connectivity index (χ0) is 10.9. The molecule has 0 aliphatic rings.